The normalized spacial score (nSPS) is 10.8. The second-order valence-electron chi connectivity index (χ2n) is 7.67. The monoisotopic (exact) mass is 398 g/mol. The van der Waals surface area contributed by atoms with E-state index in [1.165, 1.54) is 81.9 Å². The van der Waals surface area contributed by atoms with Crippen LogP contribution in [0, 0.1) is 0 Å². The van der Waals surface area contributed by atoms with E-state index in [0.29, 0.717) is 5.75 Å². The predicted octanol–water partition coefficient (Wildman–Crippen LogP) is 6.78. The van der Waals surface area contributed by atoms with E-state index in [0.717, 1.165) is 12.5 Å². The fraction of sp³-hybridized carbons (Fsp3) is 0.480. The number of hydrogen-bond donors (Lipinski definition) is 2. The Hall–Kier alpha value is -2.49. The molecule has 29 heavy (non-hydrogen) atoms. The van der Waals surface area contributed by atoms with E-state index in [2.05, 4.69) is 6.92 Å². The summed E-state index contributed by atoms with van der Waals surface area (Å²) in [5, 5.41) is 19.0. The molecule has 0 spiro atoms. The zero-order valence-electron chi connectivity index (χ0n) is 17.5. The predicted molar refractivity (Wildman–Crippen MR) is 117 cm³/mol. The molecule has 0 aliphatic carbocycles. The Balaban J connectivity index is 1.64. The molecule has 2 rings (SSSR count). The van der Waals surface area contributed by atoms with E-state index >= 15 is 0 Å². The number of aromatic hydroxyl groups is 2. The average molecular weight is 399 g/mol. The minimum absolute atomic E-state index is 0.0252. The number of benzene rings is 2. The van der Waals surface area contributed by atoms with Crippen molar-refractivity contribution in [2.45, 2.75) is 77.6 Å². The van der Waals surface area contributed by atoms with Gasteiger partial charge in [-0.3, -0.25) is 0 Å². The van der Waals surface area contributed by atoms with Crippen molar-refractivity contribution in [2.24, 2.45) is 0 Å². The molecule has 0 radical (unpaired) electrons. The summed E-state index contributed by atoms with van der Waals surface area (Å²) in [5.74, 6) is -0.609. The number of ether oxygens (including phenoxy) is 1. The number of hydrogen-bond acceptors (Lipinski definition) is 4. The Kier molecular flexibility index (Phi) is 10.1. The van der Waals surface area contributed by atoms with Gasteiger partial charge in [-0.1, -0.05) is 76.8 Å². The van der Waals surface area contributed by atoms with Gasteiger partial charge in [0.1, 0.15) is 22.8 Å². The molecule has 0 aliphatic rings. The third-order valence-corrected chi connectivity index (χ3v) is 5.15. The van der Waals surface area contributed by atoms with Crippen LogP contribution in [-0.2, 0) is 6.42 Å². The van der Waals surface area contributed by atoms with Gasteiger partial charge in [-0.2, -0.15) is 0 Å². The standard InChI is InChI=1S/C25H34O4/c1-2-3-4-5-6-7-8-9-10-11-12-20-13-16-22(17-14-20)29-25(28)23-18-15-21(26)19-24(23)27/h13-19,26-27H,2-12H2,1H3. The van der Waals surface area contributed by atoms with Crippen molar-refractivity contribution in [1.29, 1.82) is 0 Å². The van der Waals surface area contributed by atoms with E-state index in [1.807, 2.05) is 12.1 Å². The zero-order valence-corrected chi connectivity index (χ0v) is 17.5. The number of unbranched alkanes of at least 4 members (excludes halogenated alkanes) is 9. The second-order valence-corrected chi connectivity index (χ2v) is 7.67. The minimum Gasteiger partial charge on any atom is -0.508 e. The number of rotatable bonds is 13. The number of aryl methyl sites for hydroxylation is 1. The maximum Gasteiger partial charge on any atom is 0.347 e. The van der Waals surface area contributed by atoms with Gasteiger partial charge < -0.3 is 14.9 Å². The Labute approximate surface area is 174 Å². The van der Waals surface area contributed by atoms with Crippen LogP contribution >= 0.6 is 0 Å². The first-order valence-electron chi connectivity index (χ1n) is 10.9. The van der Waals surface area contributed by atoms with Gasteiger partial charge in [0.25, 0.3) is 0 Å². The van der Waals surface area contributed by atoms with Crippen LogP contribution in [0.4, 0.5) is 0 Å². The number of esters is 1. The highest BCUT2D eigenvalue weighted by Gasteiger charge is 2.14. The van der Waals surface area contributed by atoms with Gasteiger partial charge >= 0.3 is 5.97 Å². The van der Waals surface area contributed by atoms with Crippen molar-refractivity contribution in [3.8, 4) is 17.2 Å². The van der Waals surface area contributed by atoms with Gasteiger partial charge in [-0.15, -0.1) is 0 Å². The maximum absolute atomic E-state index is 12.1. The number of carbonyl (C=O) groups excluding carboxylic acids is 1. The highest BCUT2D eigenvalue weighted by molar-refractivity contribution is 5.94. The molecule has 0 saturated carbocycles. The third-order valence-electron chi connectivity index (χ3n) is 5.15. The lowest BCUT2D eigenvalue weighted by atomic mass is 10.0. The van der Waals surface area contributed by atoms with Crippen molar-refractivity contribution < 1.29 is 19.7 Å². The molecule has 4 heteroatoms. The molecule has 0 fully saturated rings. The van der Waals surface area contributed by atoms with Crippen LogP contribution in [0.25, 0.3) is 0 Å². The zero-order chi connectivity index (χ0) is 20.9. The molecule has 4 nitrogen and oxygen atoms in total. The third kappa shape index (κ3) is 8.59. The molecule has 0 saturated heterocycles. The average Bonchev–Trinajstić information content (AvgIpc) is 2.70. The number of carbonyl (C=O) groups is 1. The smallest absolute Gasteiger partial charge is 0.347 e. The summed E-state index contributed by atoms with van der Waals surface area (Å²) < 4.78 is 5.30. The maximum atomic E-state index is 12.1. The van der Waals surface area contributed by atoms with Gasteiger partial charge in [0.05, 0.1) is 0 Å². The number of phenols is 2. The molecule has 0 heterocycles. The molecule has 0 unspecified atom stereocenters. The summed E-state index contributed by atoms with van der Waals surface area (Å²) in [7, 11) is 0. The molecule has 0 aromatic heterocycles. The first-order valence-corrected chi connectivity index (χ1v) is 10.9. The molecular weight excluding hydrogens is 364 g/mol. The summed E-state index contributed by atoms with van der Waals surface area (Å²) in [4.78, 5) is 12.1. The summed E-state index contributed by atoms with van der Waals surface area (Å²) in [6.45, 7) is 2.25. The molecule has 2 aromatic carbocycles. The SMILES string of the molecule is CCCCCCCCCCCCc1ccc(OC(=O)c2ccc(O)cc2O)cc1. The lowest BCUT2D eigenvalue weighted by molar-refractivity contribution is 0.0731. The Morgan fingerprint density at radius 3 is 1.97 bits per heavy atom. The van der Waals surface area contributed by atoms with Crippen molar-refractivity contribution in [3.63, 3.8) is 0 Å². The molecule has 0 atom stereocenters. The van der Waals surface area contributed by atoms with Crippen LogP contribution in [-0.4, -0.2) is 16.2 Å². The molecule has 0 bridgehead atoms. The second kappa shape index (κ2) is 12.9. The molecule has 2 N–H and O–H groups in total. The van der Waals surface area contributed by atoms with Crippen molar-refractivity contribution in [3.05, 3.63) is 53.6 Å². The molecule has 0 aliphatic heterocycles. The fourth-order valence-corrected chi connectivity index (χ4v) is 3.40. The quantitative estimate of drug-likeness (QED) is 0.222. The summed E-state index contributed by atoms with van der Waals surface area (Å²) >= 11 is 0. The fourth-order valence-electron chi connectivity index (χ4n) is 3.40. The minimum atomic E-state index is -0.648. The Bertz CT molecular complexity index is 737. The van der Waals surface area contributed by atoms with Crippen LogP contribution in [0.2, 0.25) is 0 Å². The van der Waals surface area contributed by atoms with E-state index in [9.17, 15) is 15.0 Å². The Morgan fingerprint density at radius 1 is 0.793 bits per heavy atom. The van der Waals surface area contributed by atoms with Gasteiger partial charge in [-0.05, 0) is 42.7 Å². The van der Waals surface area contributed by atoms with Crippen molar-refractivity contribution in [1.82, 2.24) is 0 Å². The highest BCUT2D eigenvalue weighted by atomic mass is 16.5. The Morgan fingerprint density at radius 2 is 1.38 bits per heavy atom. The first kappa shape index (κ1) is 22.8. The lowest BCUT2D eigenvalue weighted by Crippen LogP contribution is -2.08. The van der Waals surface area contributed by atoms with E-state index < -0.39 is 5.97 Å². The summed E-state index contributed by atoms with van der Waals surface area (Å²) in [5.41, 5.74) is 1.26. The topological polar surface area (TPSA) is 66.8 Å². The summed E-state index contributed by atoms with van der Waals surface area (Å²) in [6.07, 6.45) is 14.3. The molecular formula is C25H34O4. The molecule has 0 amide bonds. The van der Waals surface area contributed by atoms with Gasteiger partial charge in [0.15, 0.2) is 0 Å². The van der Waals surface area contributed by atoms with Gasteiger partial charge in [0, 0.05) is 6.07 Å². The number of phenolic OH excluding ortho intramolecular Hbond substituents is 2. The van der Waals surface area contributed by atoms with Crippen molar-refractivity contribution >= 4 is 5.97 Å². The van der Waals surface area contributed by atoms with Crippen LogP contribution < -0.4 is 4.74 Å². The van der Waals surface area contributed by atoms with Crippen molar-refractivity contribution in [2.75, 3.05) is 0 Å². The van der Waals surface area contributed by atoms with E-state index in [-0.39, 0.29) is 17.1 Å². The molecule has 2 aromatic rings. The van der Waals surface area contributed by atoms with E-state index in [1.54, 1.807) is 12.1 Å². The first-order chi connectivity index (χ1) is 14.1. The van der Waals surface area contributed by atoms with Gasteiger partial charge in [0.2, 0.25) is 0 Å². The van der Waals surface area contributed by atoms with Crippen LogP contribution in [0.15, 0.2) is 42.5 Å². The van der Waals surface area contributed by atoms with Gasteiger partial charge in [-0.25, -0.2) is 4.79 Å². The summed E-state index contributed by atoms with van der Waals surface area (Å²) in [6, 6.07) is 11.3. The lowest BCUT2D eigenvalue weighted by Gasteiger charge is -2.07. The van der Waals surface area contributed by atoms with Crippen LogP contribution in [0.5, 0.6) is 17.2 Å². The highest BCUT2D eigenvalue weighted by Crippen LogP contribution is 2.24. The van der Waals surface area contributed by atoms with E-state index in [4.69, 9.17) is 4.74 Å². The molecule has 158 valence electrons. The van der Waals surface area contributed by atoms with Crippen LogP contribution in [0.1, 0.15) is 87.1 Å². The largest absolute Gasteiger partial charge is 0.508 e. The van der Waals surface area contributed by atoms with Crippen LogP contribution in [0.3, 0.4) is 0 Å².